The van der Waals surface area contributed by atoms with Gasteiger partial charge in [-0.05, 0) is 18.0 Å². The minimum Gasteiger partial charge on any atom is -0.353 e. The number of hydrogen-bond acceptors (Lipinski definition) is 6. The van der Waals surface area contributed by atoms with E-state index in [4.69, 9.17) is 11.6 Å². The molecule has 2 aromatic rings. The monoisotopic (exact) mass is 307 g/mol. The van der Waals surface area contributed by atoms with Gasteiger partial charge in [-0.25, -0.2) is 4.98 Å². The summed E-state index contributed by atoms with van der Waals surface area (Å²) in [5, 5.41) is 2.93. The van der Waals surface area contributed by atoms with Gasteiger partial charge in [-0.3, -0.25) is 9.36 Å². The second-order valence-electron chi connectivity index (χ2n) is 4.58. The molecule has 1 atom stereocenters. The highest BCUT2D eigenvalue weighted by molar-refractivity contribution is 6.28. The average molecular weight is 308 g/mol. The molecule has 0 aliphatic carbocycles. The summed E-state index contributed by atoms with van der Waals surface area (Å²) < 4.78 is 1.64. The van der Waals surface area contributed by atoms with Crippen molar-refractivity contribution in [1.82, 2.24) is 29.8 Å². The number of hydrogen-bond donors (Lipinski definition) is 1. The lowest BCUT2D eigenvalue weighted by Gasteiger charge is -2.34. The summed E-state index contributed by atoms with van der Waals surface area (Å²) in [5.74, 6) is 0.758. The van der Waals surface area contributed by atoms with Crippen molar-refractivity contribution in [3.63, 3.8) is 0 Å². The highest BCUT2D eigenvalue weighted by Crippen LogP contribution is 2.19. The van der Waals surface area contributed by atoms with Crippen molar-refractivity contribution < 1.29 is 4.79 Å². The first-order valence-corrected chi connectivity index (χ1v) is 7.01. The van der Waals surface area contributed by atoms with Gasteiger partial charge in [0.15, 0.2) is 0 Å². The maximum absolute atomic E-state index is 11.9. The largest absolute Gasteiger partial charge is 0.353 e. The topological polar surface area (TPSA) is 88.8 Å². The van der Waals surface area contributed by atoms with Gasteiger partial charge in [0.1, 0.15) is 12.4 Å². The Morgan fingerprint density at radius 3 is 2.90 bits per heavy atom. The molecule has 1 N–H and O–H groups in total. The Morgan fingerprint density at radius 2 is 2.19 bits per heavy atom. The van der Waals surface area contributed by atoms with E-state index in [1.54, 1.807) is 23.3 Å². The lowest BCUT2D eigenvalue weighted by Crippen LogP contribution is -2.55. The lowest BCUT2D eigenvalue weighted by molar-refractivity contribution is -0.123. The van der Waals surface area contributed by atoms with E-state index in [1.165, 1.54) is 0 Å². The highest BCUT2D eigenvalue weighted by Gasteiger charge is 2.30. The molecule has 0 spiro atoms. The van der Waals surface area contributed by atoms with Crippen LogP contribution in [0.2, 0.25) is 5.28 Å². The summed E-state index contributed by atoms with van der Waals surface area (Å²) in [6, 6.07) is -0.298. The molecule has 1 aliphatic heterocycles. The van der Waals surface area contributed by atoms with Gasteiger partial charge in [-0.1, -0.05) is 6.92 Å². The molecule has 0 bridgehead atoms. The molecular weight excluding hydrogens is 294 g/mol. The number of nitrogens with zero attached hydrogens (tertiary/aromatic N) is 6. The van der Waals surface area contributed by atoms with Gasteiger partial charge in [-0.2, -0.15) is 15.0 Å². The third-order valence-corrected chi connectivity index (χ3v) is 3.46. The van der Waals surface area contributed by atoms with E-state index in [9.17, 15) is 4.79 Å². The second-order valence-corrected chi connectivity index (χ2v) is 4.92. The maximum Gasteiger partial charge on any atom is 0.242 e. The maximum atomic E-state index is 11.9. The summed E-state index contributed by atoms with van der Waals surface area (Å²) >= 11 is 5.99. The Labute approximate surface area is 126 Å². The molecule has 0 saturated carbocycles. The molecule has 3 rings (SSSR count). The van der Waals surface area contributed by atoms with Crippen LogP contribution in [0.25, 0.3) is 5.95 Å². The first-order valence-electron chi connectivity index (χ1n) is 6.63. The Kier molecular flexibility index (Phi) is 3.70. The molecule has 0 radical (unpaired) electrons. The van der Waals surface area contributed by atoms with Crippen molar-refractivity contribution in [2.45, 2.75) is 19.4 Å². The second kappa shape index (κ2) is 5.65. The van der Waals surface area contributed by atoms with E-state index >= 15 is 0 Å². The number of piperazine rings is 1. The molecule has 9 heteroatoms. The van der Waals surface area contributed by atoms with Crippen molar-refractivity contribution in [1.29, 1.82) is 0 Å². The summed E-state index contributed by atoms with van der Waals surface area (Å²) in [6.07, 6.45) is 5.58. The number of imidazole rings is 1. The number of halogens is 1. The van der Waals surface area contributed by atoms with Crippen LogP contribution >= 0.6 is 11.6 Å². The summed E-state index contributed by atoms with van der Waals surface area (Å²) in [6.45, 7) is 3.13. The quantitative estimate of drug-likeness (QED) is 0.884. The highest BCUT2D eigenvalue weighted by atomic mass is 35.5. The van der Waals surface area contributed by atoms with E-state index in [1.807, 2.05) is 11.8 Å². The SMILES string of the molecule is CCC1C(=O)NCCN1c1nc(Cl)nc(-n2ccnc2)n1. The Hall–Kier alpha value is -2.22. The van der Waals surface area contributed by atoms with Crippen LogP contribution in [-0.2, 0) is 4.79 Å². The Morgan fingerprint density at radius 1 is 1.38 bits per heavy atom. The number of aromatic nitrogens is 5. The fourth-order valence-corrected chi connectivity index (χ4v) is 2.46. The van der Waals surface area contributed by atoms with Gasteiger partial charge >= 0.3 is 0 Å². The van der Waals surface area contributed by atoms with Gasteiger partial charge in [0.25, 0.3) is 0 Å². The van der Waals surface area contributed by atoms with Gasteiger partial charge < -0.3 is 10.2 Å². The number of amides is 1. The zero-order valence-corrected chi connectivity index (χ0v) is 12.2. The first kappa shape index (κ1) is 13.7. The summed E-state index contributed by atoms with van der Waals surface area (Å²) in [4.78, 5) is 30.4. The van der Waals surface area contributed by atoms with Gasteiger partial charge in [0.2, 0.25) is 23.1 Å². The number of nitrogens with one attached hydrogen (secondary N) is 1. The molecule has 1 fully saturated rings. The molecule has 8 nitrogen and oxygen atoms in total. The van der Waals surface area contributed by atoms with E-state index in [-0.39, 0.29) is 17.2 Å². The van der Waals surface area contributed by atoms with Crippen LogP contribution in [0.1, 0.15) is 13.3 Å². The number of anilines is 1. The van der Waals surface area contributed by atoms with Crippen molar-refractivity contribution in [3.8, 4) is 5.95 Å². The van der Waals surface area contributed by atoms with Crippen molar-refractivity contribution in [3.05, 3.63) is 24.0 Å². The molecular formula is C12H14ClN7O. The fraction of sp³-hybridized carbons (Fsp3) is 0.417. The van der Waals surface area contributed by atoms with E-state index in [0.29, 0.717) is 31.4 Å². The molecule has 1 unspecified atom stereocenters. The standard InChI is InChI=1S/C12H14ClN7O/c1-2-8-9(21)15-4-6-20(8)12-17-10(13)16-11(18-12)19-5-3-14-7-19/h3,5,7-8H,2,4,6H2,1H3,(H,15,21). The Balaban J connectivity index is 1.99. The number of rotatable bonds is 3. The van der Waals surface area contributed by atoms with E-state index in [0.717, 1.165) is 0 Å². The third-order valence-electron chi connectivity index (χ3n) is 3.29. The molecule has 3 heterocycles. The molecule has 21 heavy (non-hydrogen) atoms. The average Bonchev–Trinajstić information content (AvgIpc) is 3.00. The molecule has 110 valence electrons. The lowest BCUT2D eigenvalue weighted by atomic mass is 10.1. The van der Waals surface area contributed by atoms with Gasteiger partial charge in [0, 0.05) is 25.5 Å². The normalized spacial score (nSPS) is 18.7. The molecule has 1 amide bonds. The van der Waals surface area contributed by atoms with Crippen LogP contribution in [0.4, 0.5) is 5.95 Å². The van der Waals surface area contributed by atoms with Crippen LogP contribution in [-0.4, -0.2) is 49.5 Å². The van der Waals surface area contributed by atoms with Crippen LogP contribution in [0.3, 0.4) is 0 Å². The van der Waals surface area contributed by atoms with Crippen molar-refractivity contribution >= 4 is 23.5 Å². The third kappa shape index (κ3) is 2.66. The Bertz CT molecular complexity index is 645. The van der Waals surface area contributed by atoms with Crippen molar-refractivity contribution in [2.24, 2.45) is 0 Å². The van der Waals surface area contributed by atoms with Gasteiger partial charge in [-0.15, -0.1) is 0 Å². The molecule has 1 saturated heterocycles. The molecule has 1 aliphatic rings. The summed E-state index contributed by atoms with van der Waals surface area (Å²) in [5.41, 5.74) is 0. The zero-order valence-electron chi connectivity index (χ0n) is 11.4. The smallest absolute Gasteiger partial charge is 0.242 e. The van der Waals surface area contributed by atoms with Crippen LogP contribution in [0.5, 0.6) is 0 Å². The fourth-order valence-electron chi connectivity index (χ4n) is 2.31. The predicted octanol–water partition coefficient (Wildman–Crippen LogP) is 0.425. The first-order chi connectivity index (χ1) is 10.2. The van der Waals surface area contributed by atoms with E-state index < -0.39 is 0 Å². The van der Waals surface area contributed by atoms with Crippen LogP contribution < -0.4 is 10.2 Å². The predicted molar refractivity (Wildman–Crippen MR) is 76.4 cm³/mol. The summed E-state index contributed by atoms with van der Waals surface area (Å²) in [7, 11) is 0. The number of carbonyl (C=O) groups excluding carboxylic acids is 1. The molecule has 0 aromatic carbocycles. The minimum absolute atomic E-state index is 0.0236. The molecule has 2 aromatic heterocycles. The van der Waals surface area contributed by atoms with Crippen LogP contribution in [0, 0.1) is 0 Å². The number of carbonyl (C=O) groups is 1. The zero-order chi connectivity index (χ0) is 14.8. The van der Waals surface area contributed by atoms with Gasteiger partial charge in [0.05, 0.1) is 0 Å². The van der Waals surface area contributed by atoms with Crippen molar-refractivity contribution in [2.75, 3.05) is 18.0 Å². The minimum atomic E-state index is -0.298. The van der Waals surface area contributed by atoms with Crippen LogP contribution in [0.15, 0.2) is 18.7 Å². The van der Waals surface area contributed by atoms with E-state index in [2.05, 4.69) is 25.3 Å².